The van der Waals surface area contributed by atoms with E-state index < -0.39 is 0 Å². The van der Waals surface area contributed by atoms with Crippen molar-refractivity contribution >= 4 is 11.6 Å². The summed E-state index contributed by atoms with van der Waals surface area (Å²) in [6.07, 6.45) is 0.309. The van der Waals surface area contributed by atoms with E-state index in [1.807, 2.05) is 11.9 Å². The molecular formula is C21H27FN2O5. The largest absolute Gasteiger partial charge is 0.493 e. The number of carbonyl (C=O) groups is 1. The highest BCUT2D eigenvalue weighted by molar-refractivity contribution is 5.91. The van der Waals surface area contributed by atoms with Gasteiger partial charge in [0.25, 0.3) is 0 Å². The average Bonchev–Trinajstić information content (AvgIpc) is 2.72. The lowest BCUT2D eigenvalue weighted by molar-refractivity contribution is -0.116. The van der Waals surface area contributed by atoms with E-state index in [1.54, 1.807) is 24.3 Å². The molecule has 2 aromatic carbocycles. The van der Waals surface area contributed by atoms with Gasteiger partial charge in [0.2, 0.25) is 11.7 Å². The van der Waals surface area contributed by atoms with E-state index in [1.165, 1.54) is 33.5 Å². The lowest BCUT2D eigenvalue weighted by Crippen LogP contribution is -2.28. The Labute approximate surface area is 170 Å². The summed E-state index contributed by atoms with van der Waals surface area (Å²) in [5.74, 6) is 1.58. The number of amides is 1. The Morgan fingerprint density at radius 2 is 1.62 bits per heavy atom. The van der Waals surface area contributed by atoms with Gasteiger partial charge in [0.15, 0.2) is 11.5 Å². The lowest BCUT2D eigenvalue weighted by Gasteiger charge is -2.17. The van der Waals surface area contributed by atoms with Gasteiger partial charge < -0.3 is 29.2 Å². The summed E-state index contributed by atoms with van der Waals surface area (Å²) in [6.45, 7) is 1.63. The van der Waals surface area contributed by atoms with E-state index in [0.29, 0.717) is 54.8 Å². The zero-order valence-corrected chi connectivity index (χ0v) is 17.2. The van der Waals surface area contributed by atoms with Gasteiger partial charge in [0.1, 0.15) is 18.2 Å². The zero-order chi connectivity index (χ0) is 21.2. The van der Waals surface area contributed by atoms with Gasteiger partial charge in [0.05, 0.1) is 21.3 Å². The minimum absolute atomic E-state index is 0.134. The van der Waals surface area contributed by atoms with E-state index >= 15 is 0 Å². The summed E-state index contributed by atoms with van der Waals surface area (Å²) >= 11 is 0. The molecule has 0 aromatic heterocycles. The number of nitrogens with one attached hydrogen (secondary N) is 1. The number of methoxy groups -OCH3 is 3. The van der Waals surface area contributed by atoms with E-state index in [4.69, 9.17) is 18.9 Å². The van der Waals surface area contributed by atoms with Crippen molar-refractivity contribution in [1.29, 1.82) is 0 Å². The highest BCUT2D eigenvalue weighted by Crippen LogP contribution is 2.39. The fraction of sp³-hybridized carbons (Fsp3) is 0.381. The molecule has 0 bridgehead atoms. The number of anilines is 1. The third kappa shape index (κ3) is 6.83. The highest BCUT2D eigenvalue weighted by atomic mass is 19.1. The van der Waals surface area contributed by atoms with Gasteiger partial charge >= 0.3 is 0 Å². The molecule has 0 aliphatic heterocycles. The number of carbonyl (C=O) groups excluding carboxylic acids is 1. The molecule has 8 heteroatoms. The van der Waals surface area contributed by atoms with Gasteiger partial charge in [-0.3, -0.25) is 4.79 Å². The normalized spacial score (nSPS) is 10.6. The first kappa shape index (κ1) is 22.3. The molecule has 0 atom stereocenters. The molecule has 0 heterocycles. The lowest BCUT2D eigenvalue weighted by atomic mass is 10.2. The molecule has 0 saturated heterocycles. The fourth-order valence-corrected chi connectivity index (χ4v) is 2.63. The number of hydrogen-bond acceptors (Lipinski definition) is 6. The average molecular weight is 406 g/mol. The maximum atomic E-state index is 12.9. The monoisotopic (exact) mass is 406 g/mol. The molecular weight excluding hydrogens is 379 g/mol. The molecule has 29 heavy (non-hydrogen) atoms. The van der Waals surface area contributed by atoms with Gasteiger partial charge in [-0.2, -0.15) is 0 Å². The minimum Gasteiger partial charge on any atom is -0.493 e. The van der Waals surface area contributed by atoms with Crippen LogP contribution in [0.15, 0.2) is 36.4 Å². The third-order valence-electron chi connectivity index (χ3n) is 4.22. The molecule has 2 aromatic rings. The first-order valence-electron chi connectivity index (χ1n) is 9.13. The molecule has 0 saturated carbocycles. The van der Waals surface area contributed by atoms with Gasteiger partial charge in [0, 0.05) is 37.3 Å². The first-order chi connectivity index (χ1) is 14.0. The smallest absolute Gasteiger partial charge is 0.225 e. The van der Waals surface area contributed by atoms with Crippen LogP contribution in [0.5, 0.6) is 23.0 Å². The van der Waals surface area contributed by atoms with Crippen molar-refractivity contribution in [2.24, 2.45) is 0 Å². The van der Waals surface area contributed by atoms with Crippen LogP contribution in [0.3, 0.4) is 0 Å². The fourth-order valence-electron chi connectivity index (χ4n) is 2.63. The number of nitrogens with zero attached hydrogens (tertiary/aromatic N) is 1. The number of ether oxygens (including phenoxy) is 4. The Morgan fingerprint density at radius 3 is 2.17 bits per heavy atom. The quantitative estimate of drug-likeness (QED) is 0.618. The SMILES string of the molecule is COc1cc(NC(=O)CCN(C)CCOc2ccc(F)cc2)cc(OC)c1OC. The number of benzene rings is 2. The van der Waals surface area contributed by atoms with Crippen molar-refractivity contribution in [3.63, 3.8) is 0 Å². The second-order valence-electron chi connectivity index (χ2n) is 6.32. The van der Waals surface area contributed by atoms with Crippen LogP contribution in [0.2, 0.25) is 0 Å². The van der Waals surface area contributed by atoms with Gasteiger partial charge in [-0.1, -0.05) is 0 Å². The highest BCUT2D eigenvalue weighted by Gasteiger charge is 2.14. The van der Waals surface area contributed by atoms with Gasteiger partial charge in [-0.15, -0.1) is 0 Å². The molecule has 1 amide bonds. The molecule has 0 radical (unpaired) electrons. The van der Waals surface area contributed by atoms with Crippen LogP contribution < -0.4 is 24.3 Å². The standard InChI is InChI=1S/C21H27FN2O5/c1-24(11-12-29-17-7-5-15(22)6-8-17)10-9-20(25)23-16-13-18(26-2)21(28-4)19(14-16)27-3/h5-8,13-14H,9-12H2,1-4H3,(H,23,25). The van der Waals surface area contributed by atoms with Crippen molar-refractivity contribution in [1.82, 2.24) is 4.90 Å². The zero-order valence-electron chi connectivity index (χ0n) is 17.2. The predicted octanol–water partition coefficient (Wildman–Crippen LogP) is 3.19. The minimum atomic E-state index is -0.299. The van der Waals surface area contributed by atoms with Crippen molar-refractivity contribution in [3.8, 4) is 23.0 Å². The van der Waals surface area contributed by atoms with Gasteiger partial charge in [-0.05, 0) is 31.3 Å². The summed E-state index contributed by atoms with van der Waals surface area (Å²) < 4.78 is 34.3. The molecule has 1 N–H and O–H groups in total. The predicted molar refractivity (Wildman–Crippen MR) is 109 cm³/mol. The van der Waals surface area contributed by atoms with Gasteiger partial charge in [-0.25, -0.2) is 4.39 Å². The molecule has 158 valence electrons. The first-order valence-corrected chi connectivity index (χ1v) is 9.13. The van der Waals surface area contributed by atoms with Crippen molar-refractivity contribution in [3.05, 3.63) is 42.2 Å². The van der Waals surface area contributed by atoms with Crippen LogP contribution in [0.4, 0.5) is 10.1 Å². The van der Waals surface area contributed by atoms with Crippen LogP contribution in [0.1, 0.15) is 6.42 Å². The van der Waals surface area contributed by atoms with E-state index in [9.17, 15) is 9.18 Å². The van der Waals surface area contributed by atoms with Crippen LogP contribution in [0, 0.1) is 5.82 Å². The molecule has 0 fully saturated rings. The summed E-state index contributed by atoms with van der Waals surface area (Å²) in [7, 11) is 6.47. The topological polar surface area (TPSA) is 69.3 Å². The number of hydrogen-bond donors (Lipinski definition) is 1. The van der Waals surface area contributed by atoms with Crippen molar-refractivity contribution in [2.45, 2.75) is 6.42 Å². The van der Waals surface area contributed by atoms with E-state index in [0.717, 1.165) is 0 Å². The number of rotatable bonds is 11. The maximum absolute atomic E-state index is 12.9. The Balaban J connectivity index is 1.79. The molecule has 0 aliphatic rings. The Morgan fingerprint density at radius 1 is 1.00 bits per heavy atom. The van der Waals surface area contributed by atoms with Crippen LogP contribution in [-0.4, -0.2) is 58.9 Å². The van der Waals surface area contributed by atoms with Crippen LogP contribution >= 0.6 is 0 Å². The molecule has 7 nitrogen and oxygen atoms in total. The molecule has 0 unspecified atom stereocenters. The summed E-state index contributed by atoms with van der Waals surface area (Å²) in [5, 5.41) is 2.84. The maximum Gasteiger partial charge on any atom is 0.225 e. The van der Waals surface area contributed by atoms with Crippen LogP contribution in [0.25, 0.3) is 0 Å². The number of halogens is 1. The second kappa shape index (κ2) is 11.1. The summed E-state index contributed by atoms with van der Waals surface area (Å²) in [6, 6.07) is 9.23. The Hall–Kier alpha value is -3.00. The Bertz CT molecular complexity index is 773. The molecule has 2 rings (SSSR count). The summed E-state index contributed by atoms with van der Waals surface area (Å²) in [4.78, 5) is 14.3. The van der Waals surface area contributed by atoms with Crippen LogP contribution in [-0.2, 0) is 4.79 Å². The van der Waals surface area contributed by atoms with E-state index in [2.05, 4.69) is 5.32 Å². The Kier molecular flexibility index (Phi) is 8.54. The molecule has 0 aliphatic carbocycles. The number of likely N-dealkylation sites (N-methyl/N-ethyl adjacent to an activating group) is 1. The van der Waals surface area contributed by atoms with Crippen molar-refractivity contribution < 1.29 is 28.1 Å². The van der Waals surface area contributed by atoms with Crippen molar-refractivity contribution in [2.75, 3.05) is 53.4 Å². The third-order valence-corrected chi connectivity index (χ3v) is 4.22. The summed E-state index contributed by atoms with van der Waals surface area (Å²) in [5.41, 5.74) is 0.562. The second-order valence-corrected chi connectivity index (χ2v) is 6.32. The molecule has 0 spiro atoms. The van der Waals surface area contributed by atoms with E-state index in [-0.39, 0.29) is 11.7 Å².